The summed E-state index contributed by atoms with van der Waals surface area (Å²) >= 11 is 3.58. The minimum absolute atomic E-state index is 0.0127. The summed E-state index contributed by atoms with van der Waals surface area (Å²) in [5.74, 6) is 1.21. The average Bonchev–Trinajstić information content (AvgIpc) is 2.24. The number of alkyl halides is 1. The van der Waals surface area contributed by atoms with Crippen molar-refractivity contribution >= 4 is 25.0 Å². The fraction of sp³-hybridized carbons (Fsp3) is 0.571. The molecule has 0 radical (unpaired) electrons. The number of benzene rings is 1. The lowest BCUT2D eigenvalue weighted by molar-refractivity contribution is 0.457. The van der Waals surface area contributed by atoms with E-state index in [4.69, 9.17) is 4.43 Å². The molecule has 0 aliphatic heterocycles. The highest BCUT2D eigenvalue weighted by Crippen LogP contribution is 2.41. The Morgan fingerprint density at radius 3 is 2.33 bits per heavy atom. The van der Waals surface area contributed by atoms with Crippen molar-refractivity contribution in [2.24, 2.45) is 0 Å². The van der Waals surface area contributed by atoms with Crippen LogP contribution in [-0.4, -0.2) is 19.5 Å². The maximum absolute atomic E-state index is 9.98. The number of aromatic hydroxyl groups is 1. The Balaban J connectivity index is 3.52. The fourth-order valence-corrected chi connectivity index (χ4v) is 3.21. The van der Waals surface area contributed by atoms with Gasteiger partial charge in [-0.3, -0.25) is 0 Å². The van der Waals surface area contributed by atoms with E-state index < -0.39 is 9.04 Å². The highest BCUT2D eigenvalue weighted by molar-refractivity contribution is 9.09. The van der Waals surface area contributed by atoms with Crippen LogP contribution < -0.4 is 4.43 Å². The molecule has 0 aromatic heterocycles. The van der Waals surface area contributed by atoms with E-state index in [1.165, 1.54) is 5.56 Å². The Bertz CT molecular complexity index is 442. The van der Waals surface area contributed by atoms with E-state index >= 15 is 0 Å². The molecule has 0 aliphatic rings. The van der Waals surface area contributed by atoms with E-state index in [1.54, 1.807) is 0 Å². The maximum atomic E-state index is 9.98. The molecule has 0 bridgehead atoms. The largest absolute Gasteiger partial charge is 0.546 e. The quantitative estimate of drug-likeness (QED) is 0.666. The topological polar surface area (TPSA) is 29.5 Å². The van der Waals surface area contributed by atoms with Gasteiger partial charge in [-0.15, -0.1) is 0 Å². The third-order valence-corrected chi connectivity index (χ3v) is 5.17. The second-order valence-corrected chi connectivity index (χ2v) is 8.62. The zero-order chi connectivity index (χ0) is 14.1. The third kappa shape index (κ3) is 3.09. The van der Waals surface area contributed by atoms with Crippen molar-refractivity contribution in [3.63, 3.8) is 0 Å². The van der Waals surface area contributed by atoms with Crippen LogP contribution in [0.25, 0.3) is 0 Å². The second-order valence-electron chi connectivity index (χ2n) is 5.73. The molecule has 0 spiro atoms. The molecule has 0 saturated heterocycles. The van der Waals surface area contributed by atoms with Crippen LogP contribution in [-0.2, 0) is 5.41 Å². The molecule has 102 valence electrons. The Hall–Kier alpha value is -0.483. The molecule has 4 heteroatoms. The number of phenols is 1. The molecule has 0 saturated carbocycles. The monoisotopic (exact) mass is 330 g/mol. The summed E-state index contributed by atoms with van der Waals surface area (Å²) in [5.41, 5.74) is 3.13. The van der Waals surface area contributed by atoms with Crippen molar-refractivity contribution in [1.82, 2.24) is 0 Å². The van der Waals surface area contributed by atoms with Crippen LogP contribution in [0.1, 0.15) is 30.5 Å². The molecule has 0 heterocycles. The Morgan fingerprint density at radius 2 is 1.89 bits per heavy atom. The molecular weight excluding hydrogens is 308 g/mol. The van der Waals surface area contributed by atoms with Crippen molar-refractivity contribution in [2.75, 3.05) is 5.33 Å². The van der Waals surface area contributed by atoms with Gasteiger partial charge in [0.15, 0.2) is 0 Å². The molecule has 0 aliphatic carbocycles. The predicted molar refractivity (Wildman–Crippen MR) is 83.9 cm³/mol. The summed E-state index contributed by atoms with van der Waals surface area (Å²) in [7, 11) is -1.20. The summed E-state index contributed by atoms with van der Waals surface area (Å²) in [5, 5.41) is 10.8. The van der Waals surface area contributed by atoms with Gasteiger partial charge in [0, 0.05) is 21.9 Å². The van der Waals surface area contributed by atoms with Crippen LogP contribution >= 0.6 is 15.9 Å². The van der Waals surface area contributed by atoms with Crippen LogP contribution in [0, 0.1) is 13.8 Å². The lowest BCUT2D eigenvalue weighted by Crippen LogP contribution is -2.24. The van der Waals surface area contributed by atoms with Gasteiger partial charge < -0.3 is 9.53 Å². The molecule has 18 heavy (non-hydrogen) atoms. The van der Waals surface area contributed by atoms with E-state index in [1.807, 2.05) is 19.9 Å². The van der Waals surface area contributed by atoms with Gasteiger partial charge >= 0.3 is 0 Å². The Kier molecular flexibility index (Phi) is 4.89. The number of halogens is 1. The molecule has 0 atom stereocenters. The summed E-state index contributed by atoms with van der Waals surface area (Å²) in [6.07, 6.45) is 0. The summed E-state index contributed by atoms with van der Waals surface area (Å²) < 4.78 is 6.08. The molecule has 2 nitrogen and oxygen atoms in total. The van der Waals surface area contributed by atoms with Gasteiger partial charge in [0.2, 0.25) is 9.04 Å². The first-order chi connectivity index (χ1) is 8.20. The molecular formula is C14H23BrO2Si. The van der Waals surface area contributed by atoms with Gasteiger partial charge in [0.25, 0.3) is 0 Å². The smallest absolute Gasteiger partial charge is 0.229 e. The van der Waals surface area contributed by atoms with Gasteiger partial charge in [0.05, 0.1) is 0 Å². The van der Waals surface area contributed by atoms with Crippen LogP contribution in [0.2, 0.25) is 13.1 Å². The lowest BCUT2D eigenvalue weighted by Gasteiger charge is -2.30. The minimum atomic E-state index is -1.20. The number of rotatable bonds is 4. The standard InChI is InChI=1S/C14H23BrO2Si/c1-9-7-11(16)10(2)13(17-18(5)6)12(9)14(3,4)8-15/h7,16,18H,8H2,1-6H3. The number of aryl methyl sites for hydroxylation is 1. The zero-order valence-electron chi connectivity index (χ0n) is 12.1. The van der Waals surface area contributed by atoms with E-state index in [0.29, 0.717) is 5.75 Å². The van der Waals surface area contributed by atoms with Crippen molar-refractivity contribution in [3.05, 3.63) is 22.8 Å². The van der Waals surface area contributed by atoms with E-state index in [0.717, 1.165) is 22.2 Å². The molecule has 0 unspecified atom stereocenters. The highest BCUT2D eigenvalue weighted by Gasteiger charge is 2.28. The van der Waals surface area contributed by atoms with Crippen LogP contribution in [0.4, 0.5) is 0 Å². The van der Waals surface area contributed by atoms with Crippen molar-refractivity contribution in [1.29, 1.82) is 0 Å². The zero-order valence-corrected chi connectivity index (χ0v) is 14.8. The summed E-state index contributed by atoms with van der Waals surface area (Å²) in [6.45, 7) is 12.6. The fourth-order valence-electron chi connectivity index (χ4n) is 2.16. The third-order valence-electron chi connectivity index (χ3n) is 3.06. The van der Waals surface area contributed by atoms with Gasteiger partial charge in [0.1, 0.15) is 11.5 Å². The maximum Gasteiger partial charge on any atom is 0.229 e. The van der Waals surface area contributed by atoms with Gasteiger partial charge in [-0.2, -0.15) is 0 Å². The first-order valence-electron chi connectivity index (χ1n) is 6.27. The van der Waals surface area contributed by atoms with Gasteiger partial charge in [-0.05, 0) is 38.6 Å². The van der Waals surface area contributed by atoms with Crippen molar-refractivity contribution in [2.45, 2.75) is 46.2 Å². The average molecular weight is 331 g/mol. The molecule has 1 aromatic carbocycles. The number of hydrogen-bond acceptors (Lipinski definition) is 2. The predicted octanol–water partition coefficient (Wildman–Crippen LogP) is 4.04. The highest BCUT2D eigenvalue weighted by atomic mass is 79.9. The Morgan fingerprint density at radius 1 is 1.33 bits per heavy atom. The SMILES string of the molecule is Cc1cc(O)c(C)c(O[SiH](C)C)c1C(C)(C)CBr. The molecule has 1 aromatic rings. The van der Waals surface area contributed by atoms with Crippen molar-refractivity contribution < 1.29 is 9.53 Å². The normalized spacial score (nSPS) is 12.0. The summed E-state index contributed by atoms with van der Waals surface area (Å²) in [6, 6.07) is 1.84. The van der Waals surface area contributed by atoms with E-state index in [9.17, 15) is 5.11 Å². The number of phenolic OH excluding ortho intramolecular Hbond substituents is 1. The second kappa shape index (κ2) is 5.66. The van der Waals surface area contributed by atoms with Crippen molar-refractivity contribution in [3.8, 4) is 11.5 Å². The molecule has 0 amide bonds. The van der Waals surface area contributed by atoms with Gasteiger partial charge in [-0.1, -0.05) is 29.8 Å². The summed E-state index contributed by atoms with van der Waals surface area (Å²) in [4.78, 5) is 0. The van der Waals surface area contributed by atoms with Crippen LogP contribution in [0.3, 0.4) is 0 Å². The van der Waals surface area contributed by atoms with Gasteiger partial charge in [-0.25, -0.2) is 0 Å². The molecule has 1 rings (SSSR count). The Labute approximate surface area is 120 Å². The molecule has 0 fully saturated rings. The van der Waals surface area contributed by atoms with E-state index in [2.05, 4.69) is 42.9 Å². The first kappa shape index (κ1) is 15.6. The van der Waals surface area contributed by atoms with Crippen LogP contribution in [0.5, 0.6) is 11.5 Å². The number of hydrogen-bond donors (Lipinski definition) is 1. The van der Waals surface area contributed by atoms with Crippen LogP contribution in [0.15, 0.2) is 6.07 Å². The minimum Gasteiger partial charge on any atom is -0.546 e. The van der Waals surface area contributed by atoms with E-state index in [-0.39, 0.29) is 5.41 Å². The molecule has 1 N–H and O–H groups in total. The lowest BCUT2D eigenvalue weighted by atomic mass is 9.82. The first-order valence-corrected chi connectivity index (χ1v) is 10.2.